The van der Waals surface area contributed by atoms with Gasteiger partial charge in [-0.15, -0.1) is 0 Å². The van der Waals surface area contributed by atoms with Crippen LogP contribution in [0.1, 0.15) is 112 Å². The molecule has 0 aliphatic heterocycles. The summed E-state index contributed by atoms with van der Waals surface area (Å²) in [6.07, 6.45) is 19.3. The maximum Gasteiger partial charge on any atom is -0.0263 e. The molecule has 0 heterocycles. The number of allylic oxidation sites excluding steroid dienone is 5. The summed E-state index contributed by atoms with van der Waals surface area (Å²) >= 11 is 0. The van der Waals surface area contributed by atoms with E-state index >= 15 is 0 Å². The van der Waals surface area contributed by atoms with E-state index in [1.165, 1.54) is 81.8 Å². The molecule has 0 amide bonds. The van der Waals surface area contributed by atoms with Crippen LogP contribution in [0.5, 0.6) is 0 Å². The van der Waals surface area contributed by atoms with Crippen LogP contribution in [0.4, 0.5) is 0 Å². The number of hydrogen-bond acceptors (Lipinski definition) is 0. The highest BCUT2D eigenvalue weighted by Gasteiger charge is 2.10. The van der Waals surface area contributed by atoms with E-state index in [4.69, 9.17) is 0 Å². The lowest BCUT2D eigenvalue weighted by molar-refractivity contribution is 0.395. The lowest BCUT2D eigenvalue weighted by atomic mass is 9.88. The van der Waals surface area contributed by atoms with E-state index in [2.05, 4.69) is 60.3 Å². The average molecular weight is 347 g/mol. The summed E-state index contributed by atoms with van der Waals surface area (Å²) in [5, 5.41) is 0. The van der Waals surface area contributed by atoms with Gasteiger partial charge in [-0.2, -0.15) is 0 Å². The highest BCUT2D eigenvalue weighted by atomic mass is 14.2. The predicted octanol–water partition coefficient (Wildman–Crippen LogP) is 9.04. The van der Waals surface area contributed by atoms with E-state index in [9.17, 15) is 0 Å². The molecule has 0 rings (SSSR count). The van der Waals surface area contributed by atoms with Gasteiger partial charge in [0.25, 0.3) is 0 Å². The minimum atomic E-state index is 0.648. The molecule has 0 N–H and O–H groups in total. The molecule has 0 aromatic heterocycles. The van der Waals surface area contributed by atoms with Crippen LogP contribution in [0.3, 0.4) is 0 Å². The number of rotatable bonds is 15. The van der Waals surface area contributed by atoms with E-state index in [-0.39, 0.29) is 0 Å². The van der Waals surface area contributed by atoms with Crippen molar-refractivity contribution in [2.75, 3.05) is 0 Å². The third-order valence-electron chi connectivity index (χ3n) is 5.72. The maximum absolute atomic E-state index is 4.21. The van der Waals surface area contributed by atoms with Gasteiger partial charge in [-0.3, -0.25) is 0 Å². The minimum Gasteiger partial charge on any atom is -0.0996 e. The topological polar surface area (TPSA) is 0 Å². The number of hydrogen-bond donors (Lipinski definition) is 0. The van der Waals surface area contributed by atoms with Gasteiger partial charge in [0, 0.05) is 0 Å². The van der Waals surface area contributed by atoms with E-state index < -0.39 is 0 Å². The molecule has 146 valence electrons. The maximum atomic E-state index is 4.21. The van der Waals surface area contributed by atoms with E-state index in [1.807, 2.05) is 0 Å². The van der Waals surface area contributed by atoms with Crippen molar-refractivity contribution in [3.63, 3.8) is 0 Å². The molecular weight excluding hydrogens is 300 g/mol. The van der Waals surface area contributed by atoms with Crippen molar-refractivity contribution in [3.8, 4) is 0 Å². The van der Waals surface area contributed by atoms with Crippen LogP contribution in [0, 0.1) is 11.8 Å². The molecule has 1 unspecified atom stereocenters. The third-order valence-corrected chi connectivity index (χ3v) is 5.72. The Bertz CT molecular complexity index is 394. The lowest BCUT2D eigenvalue weighted by Crippen LogP contribution is -2.02. The Morgan fingerprint density at radius 2 is 1.56 bits per heavy atom. The van der Waals surface area contributed by atoms with Gasteiger partial charge in [-0.05, 0) is 77.6 Å². The summed E-state index contributed by atoms with van der Waals surface area (Å²) in [5.74, 6) is 1.57. The summed E-state index contributed by atoms with van der Waals surface area (Å²) in [4.78, 5) is 0. The van der Waals surface area contributed by atoms with E-state index in [0.717, 1.165) is 5.92 Å². The Morgan fingerprint density at radius 1 is 0.840 bits per heavy atom. The molecule has 0 aliphatic carbocycles. The molecule has 0 nitrogen and oxygen atoms in total. The normalized spacial score (nSPS) is 14.2. The summed E-state index contributed by atoms with van der Waals surface area (Å²) in [7, 11) is 0. The fourth-order valence-corrected chi connectivity index (χ4v) is 3.46. The molecule has 0 heteroatoms. The van der Waals surface area contributed by atoms with Crippen LogP contribution in [-0.2, 0) is 0 Å². The van der Waals surface area contributed by atoms with Crippen molar-refractivity contribution in [1.29, 1.82) is 0 Å². The fraction of sp³-hybridized carbons (Fsp3) is 0.760. The van der Waals surface area contributed by atoms with Gasteiger partial charge in [-0.25, -0.2) is 0 Å². The molecule has 0 aliphatic rings. The summed E-state index contributed by atoms with van der Waals surface area (Å²) in [6.45, 7) is 17.7. The van der Waals surface area contributed by atoms with Crippen LogP contribution in [0.15, 0.2) is 35.5 Å². The van der Waals surface area contributed by atoms with Crippen molar-refractivity contribution in [2.45, 2.75) is 112 Å². The molecule has 0 saturated heterocycles. The SMILES string of the molecule is C=C(CCCCC(CCC)CCC(=CC)CCCC(C)=CC)C(C)C. The first kappa shape index (κ1) is 24.2. The molecule has 0 saturated carbocycles. The zero-order chi connectivity index (χ0) is 19.1. The zero-order valence-electron chi connectivity index (χ0n) is 18.3. The highest BCUT2D eigenvalue weighted by molar-refractivity contribution is 5.02. The molecule has 0 aromatic carbocycles. The molecule has 1 atom stereocenters. The first-order valence-corrected chi connectivity index (χ1v) is 10.9. The third kappa shape index (κ3) is 13.1. The highest BCUT2D eigenvalue weighted by Crippen LogP contribution is 2.26. The van der Waals surface area contributed by atoms with Gasteiger partial charge in [0.1, 0.15) is 0 Å². The zero-order valence-corrected chi connectivity index (χ0v) is 18.3. The molecule has 0 fully saturated rings. The summed E-state index contributed by atoms with van der Waals surface area (Å²) in [5.41, 5.74) is 4.64. The second kappa shape index (κ2) is 15.5. The van der Waals surface area contributed by atoms with Crippen LogP contribution in [-0.4, -0.2) is 0 Å². The largest absolute Gasteiger partial charge is 0.0996 e. The van der Waals surface area contributed by atoms with Crippen molar-refractivity contribution in [3.05, 3.63) is 35.5 Å². The van der Waals surface area contributed by atoms with Gasteiger partial charge >= 0.3 is 0 Å². The molecule has 0 bridgehead atoms. The quantitative estimate of drug-likeness (QED) is 0.205. The van der Waals surface area contributed by atoms with Crippen LogP contribution >= 0.6 is 0 Å². The molecule has 0 radical (unpaired) electrons. The second-order valence-electron chi connectivity index (χ2n) is 8.19. The number of unbranched alkanes of at least 4 members (excludes halogenated alkanes) is 1. The average Bonchev–Trinajstić information content (AvgIpc) is 2.60. The first-order valence-electron chi connectivity index (χ1n) is 10.9. The minimum absolute atomic E-state index is 0.648. The van der Waals surface area contributed by atoms with Crippen molar-refractivity contribution in [2.24, 2.45) is 11.8 Å². The van der Waals surface area contributed by atoms with E-state index in [1.54, 1.807) is 5.57 Å². The Morgan fingerprint density at radius 3 is 2.12 bits per heavy atom. The van der Waals surface area contributed by atoms with Crippen molar-refractivity contribution >= 4 is 0 Å². The van der Waals surface area contributed by atoms with Crippen molar-refractivity contribution < 1.29 is 0 Å². The molecular formula is C25H46. The first-order chi connectivity index (χ1) is 11.9. The Balaban J connectivity index is 4.12. The molecule has 0 aromatic rings. The fourth-order valence-electron chi connectivity index (χ4n) is 3.46. The van der Waals surface area contributed by atoms with Crippen LogP contribution in [0.25, 0.3) is 0 Å². The van der Waals surface area contributed by atoms with Gasteiger partial charge in [-0.1, -0.05) is 81.9 Å². The van der Waals surface area contributed by atoms with Gasteiger partial charge in [0.15, 0.2) is 0 Å². The van der Waals surface area contributed by atoms with E-state index in [0.29, 0.717) is 5.92 Å². The monoisotopic (exact) mass is 346 g/mol. The molecule has 0 spiro atoms. The summed E-state index contributed by atoms with van der Waals surface area (Å²) in [6, 6.07) is 0. The van der Waals surface area contributed by atoms with Crippen LogP contribution < -0.4 is 0 Å². The van der Waals surface area contributed by atoms with Crippen molar-refractivity contribution in [1.82, 2.24) is 0 Å². The van der Waals surface area contributed by atoms with Gasteiger partial charge in [0.2, 0.25) is 0 Å². The van der Waals surface area contributed by atoms with Gasteiger partial charge < -0.3 is 0 Å². The second-order valence-corrected chi connectivity index (χ2v) is 8.19. The smallest absolute Gasteiger partial charge is 0.0263 e. The van der Waals surface area contributed by atoms with Gasteiger partial charge in [0.05, 0.1) is 0 Å². The lowest BCUT2D eigenvalue weighted by Gasteiger charge is -2.18. The van der Waals surface area contributed by atoms with Crippen LogP contribution in [0.2, 0.25) is 0 Å². The summed E-state index contributed by atoms with van der Waals surface area (Å²) < 4.78 is 0. The Hall–Kier alpha value is -0.780. The Kier molecular flexibility index (Phi) is 15.0. The standard InChI is InChI=1S/C25H46/c1-8-14-25(17-12-11-16-23(7)21(4)5)20-19-24(10-3)18-13-15-22(6)9-2/h9-10,21,25H,7-8,11-20H2,1-6H3. The molecule has 25 heavy (non-hydrogen) atoms. The Labute approximate surface area is 159 Å². The predicted molar refractivity (Wildman–Crippen MR) is 117 cm³/mol.